The Labute approximate surface area is 126 Å². The molecular formula is C18H22N2O. The van der Waals surface area contributed by atoms with Gasteiger partial charge in [-0.05, 0) is 67.1 Å². The van der Waals surface area contributed by atoms with Crippen molar-refractivity contribution in [2.75, 3.05) is 13.7 Å². The van der Waals surface area contributed by atoms with Gasteiger partial charge in [0.05, 0.1) is 7.11 Å². The summed E-state index contributed by atoms with van der Waals surface area (Å²) < 4.78 is 5.37. The number of hydrogen-bond acceptors (Lipinski definition) is 3. The van der Waals surface area contributed by atoms with Crippen LogP contribution < -0.4 is 10.1 Å². The van der Waals surface area contributed by atoms with E-state index in [0.29, 0.717) is 6.04 Å². The second-order valence-corrected chi connectivity index (χ2v) is 5.57. The molecule has 0 aliphatic heterocycles. The van der Waals surface area contributed by atoms with Gasteiger partial charge in [-0.1, -0.05) is 12.1 Å². The van der Waals surface area contributed by atoms with Gasteiger partial charge in [0.25, 0.3) is 0 Å². The molecule has 1 aromatic heterocycles. The van der Waals surface area contributed by atoms with Crippen LogP contribution in [-0.2, 0) is 12.8 Å². The maximum Gasteiger partial charge on any atom is 0.119 e. The number of hydrogen-bond donors (Lipinski definition) is 1. The summed E-state index contributed by atoms with van der Waals surface area (Å²) in [4.78, 5) is 4.16. The summed E-state index contributed by atoms with van der Waals surface area (Å²) in [5.41, 5.74) is 4.15. The van der Waals surface area contributed by atoms with Crippen LogP contribution in [0.25, 0.3) is 0 Å². The van der Waals surface area contributed by atoms with E-state index in [4.69, 9.17) is 4.74 Å². The van der Waals surface area contributed by atoms with Crippen molar-refractivity contribution in [2.24, 2.45) is 0 Å². The minimum absolute atomic E-state index is 0.445. The van der Waals surface area contributed by atoms with E-state index in [0.717, 1.165) is 18.7 Å². The van der Waals surface area contributed by atoms with Crippen molar-refractivity contribution in [1.29, 1.82) is 0 Å². The molecule has 1 aliphatic rings. The zero-order chi connectivity index (χ0) is 14.5. The van der Waals surface area contributed by atoms with Gasteiger partial charge in [-0.25, -0.2) is 0 Å². The molecule has 1 aromatic carbocycles. The second-order valence-electron chi connectivity index (χ2n) is 5.57. The normalized spacial score (nSPS) is 17.3. The van der Waals surface area contributed by atoms with E-state index in [1.807, 2.05) is 18.5 Å². The largest absolute Gasteiger partial charge is 0.497 e. The monoisotopic (exact) mass is 282 g/mol. The Hall–Kier alpha value is -1.87. The molecule has 0 spiro atoms. The van der Waals surface area contributed by atoms with E-state index in [-0.39, 0.29) is 0 Å². The molecule has 1 atom stereocenters. The summed E-state index contributed by atoms with van der Waals surface area (Å²) in [6.07, 6.45) is 8.42. The molecule has 21 heavy (non-hydrogen) atoms. The van der Waals surface area contributed by atoms with Crippen LogP contribution in [0.5, 0.6) is 5.75 Å². The summed E-state index contributed by atoms with van der Waals surface area (Å²) in [6, 6.07) is 11.0. The predicted octanol–water partition coefficient (Wildman–Crippen LogP) is 3.30. The highest BCUT2D eigenvalue weighted by Gasteiger charge is 2.20. The molecule has 0 radical (unpaired) electrons. The summed E-state index contributed by atoms with van der Waals surface area (Å²) in [5.74, 6) is 0.953. The van der Waals surface area contributed by atoms with Crippen molar-refractivity contribution in [3.63, 3.8) is 0 Å². The number of benzene rings is 1. The van der Waals surface area contributed by atoms with Gasteiger partial charge in [-0.15, -0.1) is 0 Å². The fourth-order valence-corrected chi connectivity index (χ4v) is 3.05. The second kappa shape index (κ2) is 6.72. The molecular weight excluding hydrogens is 260 g/mol. The number of nitrogens with one attached hydrogen (secondary N) is 1. The molecule has 1 unspecified atom stereocenters. The fourth-order valence-electron chi connectivity index (χ4n) is 3.05. The lowest BCUT2D eigenvalue weighted by Gasteiger charge is -2.27. The van der Waals surface area contributed by atoms with Gasteiger partial charge in [-0.3, -0.25) is 4.98 Å². The zero-order valence-electron chi connectivity index (χ0n) is 12.5. The molecule has 1 heterocycles. The topological polar surface area (TPSA) is 34.1 Å². The van der Waals surface area contributed by atoms with Crippen molar-refractivity contribution in [3.05, 3.63) is 59.4 Å². The highest BCUT2D eigenvalue weighted by Crippen LogP contribution is 2.32. The third-order valence-corrected chi connectivity index (χ3v) is 4.19. The van der Waals surface area contributed by atoms with Gasteiger partial charge in [-0.2, -0.15) is 0 Å². The van der Waals surface area contributed by atoms with Crippen LogP contribution in [0, 0.1) is 0 Å². The Morgan fingerprint density at radius 2 is 2.29 bits per heavy atom. The molecule has 3 rings (SSSR count). The Morgan fingerprint density at radius 3 is 3.10 bits per heavy atom. The van der Waals surface area contributed by atoms with E-state index >= 15 is 0 Å². The summed E-state index contributed by atoms with van der Waals surface area (Å²) in [5, 5.41) is 3.69. The van der Waals surface area contributed by atoms with Crippen molar-refractivity contribution in [1.82, 2.24) is 10.3 Å². The highest BCUT2D eigenvalue weighted by atomic mass is 16.5. The summed E-state index contributed by atoms with van der Waals surface area (Å²) >= 11 is 0. The number of ether oxygens (including phenoxy) is 1. The van der Waals surface area contributed by atoms with Crippen LogP contribution in [0.3, 0.4) is 0 Å². The lowest BCUT2D eigenvalue weighted by Crippen LogP contribution is -2.27. The Morgan fingerprint density at radius 1 is 1.33 bits per heavy atom. The van der Waals surface area contributed by atoms with Gasteiger partial charge >= 0.3 is 0 Å². The molecule has 0 amide bonds. The minimum atomic E-state index is 0.445. The van der Waals surface area contributed by atoms with Crippen LogP contribution in [0.2, 0.25) is 0 Å². The molecule has 3 nitrogen and oxygen atoms in total. The predicted molar refractivity (Wildman–Crippen MR) is 84.6 cm³/mol. The van der Waals surface area contributed by atoms with Crippen LogP contribution in [-0.4, -0.2) is 18.6 Å². The molecule has 0 fully saturated rings. The number of rotatable bonds is 5. The lowest BCUT2D eigenvalue weighted by molar-refractivity contribution is 0.409. The SMILES string of the molecule is COc1ccc2c(c1)C(NCCc1cccnc1)CCC2. The standard InChI is InChI=1S/C18H22N2O/c1-21-16-8-7-15-5-2-6-18(17(15)12-16)20-11-9-14-4-3-10-19-13-14/h3-4,7-8,10,12-13,18,20H,2,5-6,9,11H2,1H3. The number of fused-ring (bicyclic) bond motifs is 1. The molecule has 110 valence electrons. The van der Waals surface area contributed by atoms with Crippen LogP contribution >= 0.6 is 0 Å². The maximum atomic E-state index is 5.37. The molecule has 2 aromatic rings. The average molecular weight is 282 g/mol. The number of methoxy groups -OCH3 is 1. The van der Waals surface area contributed by atoms with Crippen LogP contribution in [0.4, 0.5) is 0 Å². The van der Waals surface area contributed by atoms with Crippen LogP contribution in [0.15, 0.2) is 42.7 Å². The van der Waals surface area contributed by atoms with Gasteiger partial charge < -0.3 is 10.1 Å². The molecule has 0 saturated heterocycles. The maximum absolute atomic E-state index is 5.37. The van der Waals surface area contributed by atoms with E-state index in [1.165, 1.54) is 36.0 Å². The Kier molecular flexibility index (Phi) is 4.51. The Bertz CT molecular complexity index is 583. The molecule has 1 aliphatic carbocycles. The number of pyridine rings is 1. The molecule has 3 heteroatoms. The fraction of sp³-hybridized carbons (Fsp3) is 0.389. The van der Waals surface area contributed by atoms with Gasteiger partial charge in [0.1, 0.15) is 5.75 Å². The summed E-state index contributed by atoms with van der Waals surface area (Å²) in [7, 11) is 1.73. The van der Waals surface area contributed by atoms with Crippen molar-refractivity contribution < 1.29 is 4.74 Å². The molecule has 0 bridgehead atoms. The first-order valence-corrected chi connectivity index (χ1v) is 7.66. The third-order valence-electron chi connectivity index (χ3n) is 4.19. The van der Waals surface area contributed by atoms with E-state index in [1.54, 1.807) is 7.11 Å². The number of aromatic nitrogens is 1. The van der Waals surface area contributed by atoms with E-state index in [2.05, 4.69) is 34.6 Å². The van der Waals surface area contributed by atoms with Crippen molar-refractivity contribution in [3.8, 4) is 5.75 Å². The van der Waals surface area contributed by atoms with Crippen LogP contribution in [0.1, 0.15) is 35.6 Å². The summed E-state index contributed by atoms with van der Waals surface area (Å²) in [6.45, 7) is 0.979. The first kappa shape index (κ1) is 14.1. The zero-order valence-corrected chi connectivity index (χ0v) is 12.5. The first-order valence-electron chi connectivity index (χ1n) is 7.66. The number of aryl methyl sites for hydroxylation is 1. The minimum Gasteiger partial charge on any atom is -0.497 e. The Balaban J connectivity index is 1.64. The molecule has 0 saturated carbocycles. The molecule has 1 N–H and O–H groups in total. The van der Waals surface area contributed by atoms with E-state index < -0.39 is 0 Å². The lowest BCUT2D eigenvalue weighted by atomic mass is 9.87. The quantitative estimate of drug-likeness (QED) is 0.913. The van der Waals surface area contributed by atoms with Gasteiger partial charge in [0.15, 0.2) is 0 Å². The highest BCUT2D eigenvalue weighted by molar-refractivity contribution is 5.39. The third kappa shape index (κ3) is 3.42. The average Bonchev–Trinajstić information content (AvgIpc) is 2.55. The van der Waals surface area contributed by atoms with Gasteiger partial charge in [0, 0.05) is 18.4 Å². The van der Waals surface area contributed by atoms with Crippen molar-refractivity contribution in [2.45, 2.75) is 31.7 Å². The van der Waals surface area contributed by atoms with Gasteiger partial charge in [0.2, 0.25) is 0 Å². The van der Waals surface area contributed by atoms with Crippen molar-refractivity contribution >= 4 is 0 Å². The number of nitrogens with zero attached hydrogens (tertiary/aromatic N) is 1. The van der Waals surface area contributed by atoms with E-state index in [9.17, 15) is 0 Å². The first-order chi connectivity index (χ1) is 10.4. The smallest absolute Gasteiger partial charge is 0.119 e.